The molecule has 0 saturated carbocycles. The number of methoxy groups -OCH3 is 1. The fourth-order valence-corrected chi connectivity index (χ4v) is 2.98. The van der Waals surface area contributed by atoms with E-state index in [0.29, 0.717) is 5.69 Å². The minimum Gasteiger partial charge on any atom is -0.497 e. The van der Waals surface area contributed by atoms with Crippen LogP contribution < -0.4 is 10.1 Å². The number of carbonyl (C=O) groups excluding carboxylic acids is 1. The number of nitrogens with zero attached hydrogens (tertiary/aromatic N) is 2. The lowest BCUT2D eigenvalue weighted by atomic mass is 10.1. The molecular weight excluding hydrogens is 350 g/mol. The van der Waals surface area contributed by atoms with E-state index in [0.717, 1.165) is 33.8 Å². The number of benzene rings is 2. The maximum Gasteiger partial charge on any atom is 0.270 e. The van der Waals surface area contributed by atoms with E-state index in [1.165, 1.54) is 0 Å². The molecule has 0 aliphatic heterocycles. The number of amides is 1. The van der Waals surface area contributed by atoms with Crippen LogP contribution in [-0.4, -0.2) is 28.3 Å². The van der Waals surface area contributed by atoms with Crippen LogP contribution in [0.25, 0.3) is 16.9 Å². The van der Waals surface area contributed by atoms with Crippen molar-refractivity contribution in [2.24, 2.45) is 0 Å². The smallest absolute Gasteiger partial charge is 0.270 e. The van der Waals surface area contributed by atoms with E-state index in [1.807, 2.05) is 77.1 Å². The maximum atomic E-state index is 13.0. The van der Waals surface area contributed by atoms with Gasteiger partial charge in [-0.2, -0.15) is 5.10 Å². The fourth-order valence-electron chi connectivity index (χ4n) is 2.98. The van der Waals surface area contributed by atoms with Crippen LogP contribution in [0.2, 0.25) is 0 Å². The third-order valence-corrected chi connectivity index (χ3v) is 4.41. The van der Waals surface area contributed by atoms with E-state index >= 15 is 0 Å². The minimum absolute atomic E-state index is 0.152. The number of ether oxygens (including phenoxy) is 1. The van der Waals surface area contributed by atoms with Crippen molar-refractivity contribution in [2.75, 3.05) is 7.11 Å². The van der Waals surface area contributed by atoms with Gasteiger partial charge in [-0.3, -0.25) is 4.79 Å². The molecule has 0 unspecified atom stereocenters. The summed E-state index contributed by atoms with van der Waals surface area (Å²) in [6.07, 6.45) is 0. The van der Waals surface area contributed by atoms with Gasteiger partial charge in [0.2, 0.25) is 0 Å². The van der Waals surface area contributed by atoms with Crippen LogP contribution in [0.4, 0.5) is 0 Å². The first kappa shape index (κ1) is 19.7. The summed E-state index contributed by atoms with van der Waals surface area (Å²) in [5, 5.41) is 7.82. The predicted octanol–water partition coefficient (Wildman–Crippen LogP) is 4.69. The molecule has 0 atom stereocenters. The second-order valence-corrected chi connectivity index (χ2v) is 8.05. The molecule has 5 nitrogen and oxygen atoms in total. The fraction of sp³-hybridized carbons (Fsp3) is 0.304. The first-order valence-corrected chi connectivity index (χ1v) is 9.32. The largest absolute Gasteiger partial charge is 0.497 e. The van der Waals surface area contributed by atoms with Crippen molar-refractivity contribution in [2.45, 2.75) is 40.2 Å². The molecule has 28 heavy (non-hydrogen) atoms. The zero-order valence-corrected chi connectivity index (χ0v) is 17.3. The van der Waals surface area contributed by atoms with Crippen molar-refractivity contribution in [3.63, 3.8) is 0 Å². The Morgan fingerprint density at radius 3 is 2.32 bits per heavy atom. The summed E-state index contributed by atoms with van der Waals surface area (Å²) in [5.74, 6) is 0.629. The Bertz CT molecular complexity index is 996. The van der Waals surface area contributed by atoms with Gasteiger partial charge in [-0.15, -0.1) is 0 Å². The van der Waals surface area contributed by atoms with Crippen LogP contribution in [0.5, 0.6) is 5.75 Å². The van der Waals surface area contributed by atoms with Gasteiger partial charge in [0.05, 0.1) is 18.5 Å². The lowest BCUT2D eigenvalue weighted by Gasteiger charge is -2.21. The summed E-state index contributed by atoms with van der Waals surface area (Å²) in [5.41, 5.74) is 4.91. The molecule has 0 radical (unpaired) electrons. The Labute approximate surface area is 166 Å². The lowest BCUT2D eigenvalue weighted by Crippen LogP contribution is -2.41. The molecule has 0 aliphatic rings. The normalized spacial score (nSPS) is 11.4. The van der Waals surface area contributed by atoms with E-state index in [4.69, 9.17) is 9.84 Å². The molecule has 2 aromatic carbocycles. The number of nitrogens with one attached hydrogen (secondary N) is 1. The Balaban J connectivity index is 2.14. The summed E-state index contributed by atoms with van der Waals surface area (Å²) in [6.45, 7) is 9.95. The van der Waals surface area contributed by atoms with Crippen molar-refractivity contribution < 1.29 is 9.53 Å². The number of hydrogen-bond acceptors (Lipinski definition) is 3. The van der Waals surface area contributed by atoms with Gasteiger partial charge in [0, 0.05) is 11.1 Å². The van der Waals surface area contributed by atoms with Crippen LogP contribution in [0.3, 0.4) is 0 Å². The highest BCUT2D eigenvalue weighted by Crippen LogP contribution is 2.26. The Morgan fingerprint density at radius 2 is 1.71 bits per heavy atom. The van der Waals surface area contributed by atoms with Crippen LogP contribution in [0.15, 0.2) is 48.5 Å². The van der Waals surface area contributed by atoms with Gasteiger partial charge in [0.1, 0.15) is 11.4 Å². The Hall–Kier alpha value is -3.08. The van der Waals surface area contributed by atoms with E-state index in [1.54, 1.807) is 11.8 Å². The molecule has 0 fully saturated rings. The number of aromatic nitrogens is 2. The number of rotatable bonds is 4. The summed E-state index contributed by atoms with van der Waals surface area (Å²) in [7, 11) is 1.64. The standard InChI is InChI=1S/C23H27N3O2/c1-15-7-8-16(2)20(13-15)26-21(22(27)24-23(3,4)5)14-19(25-26)17-9-11-18(28-6)12-10-17/h7-14H,1-6H3,(H,24,27). The van der Waals surface area contributed by atoms with Gasteiger partial charge in [0.25, 0.3) is 5.91 Å². The van der Waals surface area contributed by atoms with E-state index in [9.17, 15) is 4.79 Å². The van der Waals surface area contributed by atoms with Crippen molar-refractivity contribution >= 4 is 5.91 Å². The van der Waals surface area contributed by atoms with E-state index in [2.05, 4.69) is 11.4 Å². The lowest BCUT2D eigenvalue weighted by molar-refractivity contribution is 0.0911. The molecule has 0 aliphatic carbocycles. The molecule has 0 bridgehead atoms. The van der Waals surface area contributed by atoms with Gasteiger partial charge < -0.3 is 10.1 Å². The van der Waals surface area contributed by atoms with Crippen LogP contribution in [-0.2, 0) is 0 Å². The highest BCUT2D eigenvalue weighted by molar-refractivity contribution is 5.95. The van der Waals surface area contributed by atoms with Crippen LogP contribution in [0, 0.1) is 13.8 Å². The molecule has 1 heterocycles. The second kappa shape index (κ2) is 7.50. The Morgan fingerprint density at radius 1 is 1.04 bits per heavy atom. The third-order valence-electron chi connectivity index (χ3n) is 4.41. The average molecular weight is 377 g/mol. The highest BCUT2D eigenvalue weighted by atomic mass is 16.5. The molecule has 1 amide bonds. The summed E-state index contributed by atoms with van der Waals surface area (Å²) < 4.78 is 6.97. The molecule has 146 valence electrons. The maximum absolute atomic E-state index is 13.0. The van der Waals surface area contributed by atoms with Crippen LogP contribution in [0.1, 0.15) is 42.4 Å². The first-order valence-electron chi connectivity index (χ1n) is 9.32. The zero-order chi connectivity index (χ0) is 20.5. The molecule has 0 spiro atoms. The van der Waals surface area contributed by atoms with Crippen molar-refractivity contribution in [3.05, 3.63) is 65.4 Å². The molecule has 1 aromatic heterocycles. The van der Waals surface area contributed by atoms with E-state index in [-0.39, 0.29) is 11.4 Å². The van der Waals surface area contributed by atoms with Gasteiger partial charge in [0.15, 0.2) is 0 Å². The molecule has 3 aromatic rings. The Kier molecular flexibility index (Phi) is 5.27. The van der Waals surface area contributed by atoms with Crippen molar-refractivity contribution in [1.82, 2.24) is 15.1 Å². The SMILES string of the molecule is COc1ccc(-c2cc(C(=O)NC(C)(C)C)n(-c3cc(C)ccc3C)n2)cc1. The van der Waals surface area contributed by atoms with Gasteiger partial charge in [-0.1, -0.05) is 12.1 Å². The third kappa shape index (κ3) is 4.25. The zero-order valence-electron chi connectivity index (χ0n) is 17.3. The number of aryl methyl sites for hydroxylation is 2. The van der Waals surface area contributed by atoms with Gasteiger partial charge in [-0.05, 0) is 82.1 Å². The number of carbonyl (C=O) groups is 1. The summed E-state index contributed by atoms with van der Waals surface area (Å²) >= 11 is 0. The summed E-state index contributed by atoms with van der Waals surface area (Å²) in [4.78, 5) is 13.0. The molecule has 5 heteroatoms. The average Bonchev–Trinajstić information content (AvgIpc) is 3.08. The van der Waals surface area contributed by atoms with E-state index < -0.39 is 0 Å². The topological polar surface area (TPSA) is 56.1 Å². The number of hydrogen-bond donors (Lipinski definition) is 1. The predicted molar refractivity (Wildman–Crippen MR) is 112 cm³/mol. The van der Waals surface area contributed by atoms with Gasteiger partial charge >= 0.3 is 0 Å². The monoisotopic (exact) mass is 377 g/mol. The van der Waals surface area contributed by atoms with Gasteiger partial charge in [-0.25, -0.2) is 4.68 Å². The molecular formula is C23H27N3O2. The second-order valence-electron chi connectivity index (χ2n) is 8.05. The quantitative estimate of drug-likeness (QED) is 0.717. The molecule has 1 N–H and O–H groups in total. The first-order chi connectivity index (χ1) is 13.2. The van der Waals surface area contributed by atoms with Crippen molar-refractivity contribution in [3.8, 4) is 22.7 Å². The summed E-state index contributed by atoms with van der Waals surface area (Å²) in [6, 6.07) is 15.7. The molecule has 3 rings (SSSR count). The molecule has 0 saturated heterocycles. The van der Waals surface area contributed by atoms with Crippen molar-refractivity contribution in [1.29, 1.82) is 0 Å². The van der Waals surface area contributed by atoms with Crippen LogP contribution >= 0.6 is 0 Å². The highest BCUT2D eigenvalue weighted by Gasteiger charge is 2.22. The minimum atomic E-state index is -0.339.